The first-order valence-corrected chi connectivity index (χ1v) is 9.16. The van der Waals surface area contributed by atoms with Gasteiger partial charge in [-0.2, -0.15) is 0 Å². The van der Waals surface area contributed by atoms with Gasteiger partial charge in [-0.3, -0.25) is 4.79 Å². The van der Waals surface area contributed by atoms with Gasteiger partial charge >= 0.3 is 0 Å². The quantitative estimate of drug-likeness (QED) is 0.555. The molecular formula is C24H23NO4. The normalized spacial score (nSPS) is 10.6. The monoisotopic (exact) mass is 389 g/mol. The van der Waals surface area contributed by atoms with Crippen LogP contribution in [0.2, 0.25) is 0 Å². The van der Waals surface area contributed by atoms with Crippen LogP contribution in [0.3, 0.4) is 0 Å². The van der Waals surface area contributed by atoms with Gasteiger partial charge in [0.2, 0.25) is 5.91 Å². The highest BCUT2D eigenvalue weighted by Gasteiger charge is 2.07. The highest BCUT2D eigenvalue weighted by atomic mass is 16.5. The fourth-order valence-corrected chi connectivity index (χ4v) is 2.70. The van der Waals surface area contributed by atoms with E-state index in [0.717, 1.165) is 16.9 Å². The van der Waals surface area contributed by atoms with Crippen molar-refractivity contribution < 1.29 is 19.0 Å². The van der Waals surface area contributed by atoms with Crippen molar-refractivity contribution in [3.8, 4) is 17.2 Å². The predicted octanol–water partition coefficient (Wildman–Crippen LogP) is 4.93. The van der Waals surface area contributed by atoms with Crippen molar-refractivity contribution in [2.75, 3.05) is 19.5 Å². The van der Waals surface area contributed by atoms with Crippen LogP contribution in [0.4, 0.5) is 5.69 Å². The summed E-state index contributed by atoms with van der Waals surface area (Å²) in [6.45, 7) is 0.492. The van der Waals surface area contributed by atoms with Crippen LogP contribution in [-0.2, 0) is 11.4 Å². The summed E-state index contributed by atoms with van der Waals surface area (Å²) in [6.07, 6.45) is 3.21. The number of hydrogen-bond donors (Lipinski definition) is 1. The molecule has 148 valence electrons. The first-order chi connectivity index (χ1) is 14.2. The number of methoxy groups -OCH3 is 2. The molecule has 29 heavy (non-hydrogen) atoms. The molecule has 0 unspecified atom stereocenters. The zero-order valence-electron chi connectivity index (χ0n) is 16.4. The van der Waals surface area contributed by atoms with E-state index in [9.17, 15) is 4.79 Å². The minimum Gasteiger partial charge on any atom is -0.497 e. The predicted molar refractivity (Wildman–Crippen MR) is 114 cm³/mol. The molecule has 0 aliphatic rings. The van der Waals surface area contributed by atoms with Crippen molar-refractivity contribution in [1.29, 1.82) is 0 Å². The number of carbonyl (C=O) groups is 1. The Labute approximate surface area is 170 Å². The summed E-state index contributed by atoms with van der Waals surface area (Å²) in [4.78, 5) is 12.3. The van der Waals surface area contributed by atoms with Gasteiger partial charge in [0.05, 0.1) is 19.9 Å². The summed E-state index contributed by atoms with van der Waals surface area (Å²) < 4.78 is 16.3. The lowest BCUT2D eigenvalue weighted by Crippen LogP contribution is -2.09. The largest absolute Gasteiger partial charge is 0.497 e. The van der Waals surface area contributed by atoms with Crippen molar-refractivity contribution in [3.63, 3.8) is 0 Å². The van der Waals surface area contributed by atoms with Crippen molar-refractivity contribution in [2.45, 2.75) is 6.61 Å². The molecule has 0 bridgehead atoms. The Morgan fingerprint density at radius 2 is 1.72 bits per heavy atom. The van der Waals surface area contributed by atoms with Gasteiger partial charge in [-0.15, -0.1) is 0 Å². The van der Waals surface area contributed by atoms with Crippen LogP contribution >= 0.6 is 0 Å². The summed E-state index contributed by atoms with van der Waals surface area (Å²) >= 11 is 0. The molecule has 3 aromatic carbocycles. The van der Waals surface area contributed by atoms with E-state index in [0.29, 0.717) is 23.8 Å². The Hall–Kier alpha value is -3.73. The fraction of sp³-hybridized carbons (Fsp3) is 0.125. The molecule has 0 atom stereocenters. The van der Waals surface area contributed by atoms with Gasteiger partial charge < -0.3 is 19.5 Å². The number of rotatable bonds is 8. The van der Waals surface area contributed by atoms with E-state index in [1.54, 1.807) is 38.5 Å². The molecule has 3 rings (SSSR count). The fourth-order valence-electron chi connectivity index (χ4n) is 2.70. The number of carbonyl (C=O) groups excluding carboxylic acids is 1. The average molecular weight is 389 g/mol. The topological polar surface area (TPSA) is 56.8 Å². The number of benzene rings is 3. The number of anilines is 1. The van der Waals surface area contributed by atoms with Gasteiger partial charge in [0.25, 0.3) is 0 Å². The van der Waals surface area contributed by atoms with E-state index in [1.165, 1.54) is 6.08 Å². The van der Waals surface area contributed by atoms with E-state index in [2.05, 4.69) is 5.32 Å². The van der Waals surface area contributed by atoms with Gasteiger partial charge in [-0.1, -0.05) is 42.5 Å². The number of hydrogen-bond acceptors (Lipinski definition) is 4. The maximum absolute atomic E-state index is 12.3. The van der Waals surface area contributed by atoms with Crippen molar-refractivity contribution in [1.82, 2.24) is 0 Å². The van der Waals surface area contributed by atoms with E-state index >= 15 is 0 Å². The molecule has 0 heterocycles. The molecule has 5 nitrogen and oxygen atoms in total. The Morgan fingerprint density at radius 1 is 0.897 bits per heavy atom. The zero-order chi connectivity index (χ0) is 20.5. The summed E-state index contributed by atoms with van der Waals surface area (Å²) in [5, 5.41) is 2.81. The maximum atomic E-state index is 12.3. The molecule has 0 spiro atoms. The lowest BCUT2D eigenvalue weighted by Gasteiger charge is -2.10. The Balaban J connectivity index is 1.61. The Kier molecular flexibility index (Phi) is 6.90. The molecule has 0 aliphatic carbocycles. The van der Waals surface area contributed by atoms with Crippen LogP contribution in [-0.4, -0.2) is 20.1 Å². The molecular weight excluding hydrogens is 366 g/mol. The molecule has 0 aliphatic heterocycles. The highest BCUT2D eigenvalue weighted by molar-refractivity contribution is 6.02. The van der Waals surface area contributed by atoms with Crippen LogP contribution in [0.15, 0.2) is 78.9 Å². The third-order valence-corrected chi connectivity index (χ3v) is 4.20. The van der Waals surface area contributed by atoms with Crippen LogP contribution in [0, 0.1) is 0 Å². The molecule has 5 heteroatoms. The molecule has 3 aromatic rings. The van der Waals surface area contributed by atoms with Crippen molar-refractivity contribution in [2.24, 2.45) is 0 Å². The van der Waals surface area contributed by atoms with Crippen molar-refractivity contribution in [3.05, 3.63) is 90.0 Å². The summed E-state index contributed by atoms with van der Waals surface area (Å²) in [5.41, 5.74) is 2.54. The third kappa shape index (κ3) is 5.87. The zero-order valence-corrected chi connectivity index (χ0v) is 16.4. The van der Waals surface area contributed by atoms with Crippen LogP contribution in [0.1, 0.15) is 11.1 Å². The SMILES string of the molecule is COc1ccc(NC(=O)/C=C/c2cccc(OCc3ccccc3)c2)c(OC)c1. The highest BCUT2D eigenvalue weighted by Crippen LogP contribution is 2.29. The van der Waals surface area contributed by atoms with Crippen LogP contribution < -0.4 is 19.5 Å². The van der Waals surface area contributed by atoms with Gasteiger partial charge in [0.1, 0.15) is 23.9 Å². The summed E-state index contributed by atoms with van der Waals surface area (Å²) in [5.74, 6) is 1.67. The smallest absolute Gasteiger partial charge is 0.248 e. The third-order valence-electron chi connectivity index (χ3n) is 4.20. The molecule has 0 saturated carbocycles. The molecule has 0 fully saturated rings. The van der Waals surface area contributed by atoms with Crippen molar-refractivity contribution >= 4 is 17.7 Å². The summed E-state index contributed by atoms with van der Waals surface area (Å²) in [7, 11) is 3.12. The number of ether oxygens (including phenoxy) is 3. The Bertz CT molecular complexity index is 983. The van der Waals surface area contributed by atoms with E-state index in [1.807, 2.05) is 54.6 Å². The second kappa shape index (κ2) is 9.99. The molecule has 1 N–H and O–H groups in total. The lowest BCUT2D eigenvalue weighted by molar-refractivity contribution is -0.111. The standard InChI is InChI=1S/C24H23NO4/c1-27-20-12-13-22(23(16-20)28-2)25-24(26)14-11-18-9-6-10-21(15-18)29-17-19-7-4-3-5-8-19/h3-16H,17H2,1-2H3,(H,25,26)/b14-11+. The lowest BCUT2D eigenvalue weighted by atomic mass is 10.2. The van der Waals surface area contributed by atoms with E-state index in [4.69, 9.17) is 14.2 Å². The van der Waals surface area contributed by atoms with Gasteiger partial charge in [-0.25, -0.2) is 0 Å². The second-order valence-corrected chi connectivity index (χ2v) is 6.24. The molecule has 1 amide bonds. The molecule has 0 saturated heterocycles. The first-order valence-electron chi connectivity index (χ1n) is 9.16. The number of amides is 1. The minimum absolute atomic E-state index is 0.260. The van der Waals surface area contributed by atoms with Crippen LogP contribution in [0.25, 0.3) is 6.08 Å². The Morgan fingerprint density at radius 3 is 2.48 bits per heavy atom. The first kappa shape index (κ1) is 20.0. The van der Waals surface area contributed by atoms with Gasteiger partial charge in [0.15, 0.2) is 0 Å². The molecule has 0 aromatic heterocycles. The van der Waals surface area contributed by atoms with Gasteiger partial charge in [-0.05, 0) is 41.5 Å². The molecule has 0 radical (unpaired) electrons. The van der Waals surface area contributed by atoms with Gasteiger partial charge in [0, 0.05) is 12.1 Å². The minimum atomic E-state index is -0.260. The summed E-state index contributed by atoms with van der Waals surface area (Å²) in [6, 6.07) is 22.8. The van der Waals surface area contributed by atoms with Crippen LogP contribution in [0.5, 0.6) is 17.2 Å². The second-order valence-electron chi connectivity index (χ2n) is 6.24. The number of nitrogens with one attached hydrogen (secondary N) is 1. The average Bonchev–Trinajstić information content (AvgIpc) is 2.77. The maximum Gasteiger partial charge on any atom is 0.248 e. The van der Waals surface area contributed by atoms with E-state index in [-0.39, 0.29) is 5.91 Å². The van der Waals surface area contributed by atoms with E-state index < -0.39 is 0 Å².